The van der Waals surface area contributed by atoms with Crippen LogP contribution in [0.4, 0.5) is 4.39 Å². The number of carbonyl (C=O) groups excluding carboxylic acids is 1. The van der Waals surface area contributed by atoms with E-state index in [1.54, 1.807) is 34.9 Å². The maximum absolute atomic E-state index is 14.3. The van der Waals surface area contributed by atoms with Crippen molar-refractivity contribution in [3.63, 3.8) is 0 Å². The first-order valence-corrected chi connectivity index (χ1v) is 8.98. The van der Waals surface area contributed by atoms with Gasteiger partial charge in [-0.05, 0) is 24.3 Å². The molecule has 4 aromatic rings. The number of ether oxygens (including phenoxy) is 1. The van der Waals surface area contributed by atoms with E-state index in [1.165, 1.54) is 24.5 Å². The fourth-order valence-electron chi connectivity index (χ4n) is 2.92. The number of allylic oxidation sites excluding steroid dienone is 1. The molecule has 0 N–H and O–H groups in total. The van der Waals surface area contributed by atoms with Gasteiger partial charge in [-0.2, -0.15) is 4.99 Å². The predicted molar refractivity (Wildman–Crippen MR) is 103 cm³/mol. The standard InChI is InChI=1S/C20H15FN2O3S/c1-3-10-23-17-13(21)7-5-9-16(17)27-20(23)22-19(24)15-11-12-6-4-8-14(25-2)18(12)26-15/h3-9,11H,1,10H2,2H3. The lowest BCUT2D eigenvalue weighted by atomic mass is 10.2. The number of hydrogen-bond acceptors (Lipinski definition) is 4. The first-order chi connectivity index (χ1) is 13.1. The Balaban J connectivity index is 1.86. The second kappa shape index (κ2) is 6.85. The number of thiazole rings is 1. The summed E-state index contributed by atoms with van der Waals surface area (Å²) in [5, 5.41) is 0.745. The van der Waals surface area contributed by atoms with Crippen molar-refractivity contribution in [2.45, 2.75) is 6.54 Å². The van der Waals surface area contributed by atoms with E-state index in [9.17, 15) is 9.18 Å². The lowest BCUT2D eigenvalue weighted by molar-refractivity contribution is 0.0973. The van der Waals surface area contributed by atoms with Gasteiger partial charge in [0.1, 0.15) is 5.82 Å². The highest BCUT2D eigenvalue weighted by atomic mass is 32.1. The van der Waals surface area contributed by atoms with E-state index in [0.717, 1.165) is 5.39 Å². The predicted octanol–water partition coefficient (Wildman–Crippen LogP) is 4.52. The van der Waals surface area contributed by atoms with Crippen LogP contribution >= 0.6 is 11.3 Å². The molecule has 0 aliphatic rings. The molecule has 2 aromatic carbocycles. The van der Waals surface area contributed by atoms with E-state index in [-0.39, 0.29) is 11.6 Å². The van der Waals surface area contributed by atoms with Crippen molar-refractivity contribution >= 4 is 38.4 Å². The van der Waals surface area contributed by atoms with E-state index in [1.807, 2.05) is 12.1 Å². The highest BCUT2D eigenvalue weighted by Gasteiger charge is 2.16. The Bertz CT molecular complexity index is 1250. The normalized spacial score (nSPS) is 12.0. The summed E-state index contributed by atoms with van der Waals surface area (Å²) in [5.41, 5.74) is 0.889. The maximum atomic E-state index is 14.3. The quantitative estimate of drug-likeness (QED) is 0.488. The summed E-state index contributed by atoms with van der Waals surface area (Å²) < 4.78 is 27.5. The van der Waals surface area contributed by atoms with E-state index in [0.29, 0.717) is 32.9 Å². The molecule has 0 spiro atoms. The number of halogens is 1. The molecule has 0 radical (unpaired) electrons. The molecule has 0 aliphatic carbocycles. The van der Waals surface area contributed by atoms with Crippen molar-refractivity contribution < 1.29 is 18.3 Å². The van der Waals surface area contributed by atoms with Gasteiger partial charge in [0, 0.05) is 11.9 Å². The first-order valence-electron chi connectivity index (χ1n) is 8.16. The summed E-state index contributed by atoms with van der Waals surface area (Å²) in [4.78, 5) is 17.2. The number of hydrogen-bond donors (Lipinski definition) is 0. The molecule has 4 rings (SSSR count). The van der Waals surface area contributed by atoms with Gasteiger partial charge < -0.3 is 13.7 Å². The number of para-hydroxylation sites is 2. The Labute approximate surface area is 157 Å². The van der Waals surface area contributed by atoms with Gasteiger partial charge in [-0.1, -0.05) is 35.6 Å². The Morgan fingerprint density at radius 2 is 2.19 bits per heavy atom. The highest BCUT2D eigenvalue weighted by Crippen LogP contribution is 2.28. The summed E-state index contributed by atoms with van der Waals surface area (Å²) in [7, 11) is 1.53. The van der Waals surface area contributed by atoms with Gasteiger partial charge in [0.2, 0.25) is 0 Å². The van der Waals surface area contributed by atoms with Crippen LogP contribution in [0.2, 0.25) is 0 Å². The fourth-order valence-corrected chi connectivity index (χ4v) is 3.97. The molecule has 2 heterocycles. The van der Waals surface area contributed by atoms with Crippen molar-refractivity contribution in [1.82, 2.24) is 4.57 Å². The van der Waals surface area contributed by atoms with Crippen molar-refractivity contribution in [1.29, 1.82) is 0 Å². The molecule has 0 saturated carbocycles. The van der Waals surface area contributed by atoms with Crippen LogP contribution in [0.15, 0.2) is 64.5 Å². The fraction of sp³-hybridized carbons (Fsp3) is 0.100. The molecule has 1 amide bonds. The third kappa shape index (κ3) is 2.96. The van der Waals surface area contributed by atoms with Crippen molar-refractivity contribution in [3.8, 4) is 5.75 Å². The third-order valence-corrected chi connectivity index (χ3v) is 5.14. The first kappa shape index (κ1) is 17.2. The number of carbonyl (C=O) groups is 1. The van der Waals surface area contributed by atoms with Gasteiger partial charge in [0.05, 0.1) is 17.3 Å². The van der Waals surface area contributed by atoms with Crippen LogP contribution in [0.25, 0.3) is 21.2 Å². The van der Waals surface area contributed by atoms with Crippen molar-refractivity contribution in [3.05, 3.63) is 71.5 Å². The second-order valence-electron chi connectivity index (χ2n) is 5.78. The average Bonchev–Trinajstić information content (AvgIpc) is 3.24. The number of furan rings is 1. The minimum atomic E-state index is -0.543. The van der Waals surface area contributed by atoms with Gasteiger partial charge in [-0.15, -0.1) is 6.58 Å². The number of aromatic nitrogens is 1. The lowest BCUT2D eigenvalue weighted by Crippen LogP contribution is -2.16. The summed E-state index contributed by atoms with van der Waals surface area (Å²) in [6, 6.07) is 11.8. The molecule has 136 valence electrons. The number of rotatable bonds is 4. The largest absolute Gasteiger partial charge is 0.493 e. The molecule has 0 atom stereocenters. The highest BCUT2D eigenvalue weighted by molar-refractivity contribution is 7.16. The van der Waals surface area contributed by atoms with Crippen LogP contribution in [0.1, 0.15) is 10.6 Å². The van der Waals surface area contributed by atoms with Crippen LogP contribution < -0.4 is 9.54 Å². The van der Waals surface area contributed by atoms with Crippen molar-refractivity contribution in [2.75, 3.05) is 7.11 Å². The van der Waals surface area contributed by atoms with E-state index >= 15 is 0 Å². The van der Waals surface area contributed by atoms with Gasteiger partial charge in [-0.3, -0.25) is 4.79 Å². The molecular weight excluding hydrogens is 367 g/mol. The topological polar surface area (TPSA) is 56.7 Å². The monoisotopic (exact) mass is 382 g/mol. The minimum Gasteiger partial charge on any atom is -0.493 e. The Morgan fingerprint density at radius 1 is 1.37 bits per heavy atom. The molecule has 0 aliphatic heterocycles. The molecule has 7 heteroatoms. The minimum absolute atomic E-state index is 0.0950. The van der Waals surface area contributed by atoms with E-state index < -0.39 is 5.91 Å². The van der Waals surface area contributed by atoms with Crippen LogP contribution in [0, 0.1) is 5.82 Å². The van der Waals surface area contributed by atoms with Gasteiger partial charge in [-0.25, -0.2) is 4.39 Å². The van der Waals surface area contributed by atoms with E-state index in [2.05, 4.69) is 11.6 Å². The summed E-state index contributed by atoms with van der Waals surface area (Å²) in [6.07, 6.45) is 1.63. The smallest absolute Gasteiger partial charge is 0.315 e. The molecule has 2 aromatic heterocycles. The number of nitrogens with zero attached hydrogens (tertiary/aromatic N) is 2. The van der Waals surface area contributed by atoms with Gasteiger partial charge >= 0.3 is 5.91 Å². The molecular formula is C20H15FN2O3S. The molecule has 0 saturated heterocycles. The number of amides is 1. The summed E-state index contributed by atoms with van der Waals surface area (Å²) in [6.45, 7) is 4.04. The van der Waals surface area contributed by atoms with Crippen LogP contribution in [-0.2, 0) is 6.54 Å². The van der Waals surface area contributed by atoms with Gasteiger partial charge in [0.15, 0.2) is 21.9 Å². The van der Waals surface area contributed by atoms with Crippen LogP contribution in [-0.4, -0.2) is 17.6 Å². The maximum Gasteiger partial charge on any atom is 0.315 e. The molecule has 0 unspecified atom stereocenters. The number of methoxy groups -OCH3 is 1. The summed E-state index contributed by atoms with van der Waals surface area (Å²) >= 11 is 1.24. The average molecular weight is 382 g/mol. The zero-order valence-corrected chi connectivity index (χ0v) is 15.3. The Morgan fingerprint density at radius 3 is 2.96 bits per heavy atom. The lowest BCUT2D eigenvalue weighted by Gasteiger charge is -2.01. The third-order valence-electron chi connectivity index (χ3n) is 4.10. The second-order valence-corrected chi connectivity index (χ2v) is 6.79. The zero-order valence-electron chi connectivity index (χ0n) is 14.4. The number of fused-ring (bicyclic) bond motifs is 2. The molecule has 27 heavy (non-hydrogen) atoms. The van der Waals surface area contributed by atoms with Gasteiger partial charge in [0.25, 0.3) is 0 Å². The zero-order chi connectivity index (χ0) is 19.0. The molecule has 0 bridgehead atoms. The molecule has 0 fully saturated rings. The SMILES string of the molecule is C=CCn1c(=NC(=O)c2cc3cccc(OC)c3o2)sc2cccc(F)c21. The number of benzene rings is 2. The van der Waals surface area contributed by atoms with E-state index in [4.69, 9.17) is 9.15 Å². The van der Waals surface area contributed by atoms with Crippen molar-refractivity contribution in [2.24, 2.45) is 4.99 Å². The molecule has 5 nitrogen and oxygen atoms in total. The summed E-state index contributed by atoms with van der Waals surface area (Å²) in [5.74, 6) is -0.277. The Kier molecular flexibility index (Phi) is 4.37. The van der Waals surface area contributed by atoms with Crippen LogP contribution in [0.3, 0.4) is 0 Å². The Hall–Kier alpha value is -3.19. The van der Waals surface area contributed by atoms with Crippen LogP contribution in [0.5, 0.6) is 5.75 Å².